The number of carbonyl (C=O) groups is 2. The molecule has 0 saturated heterocycles. The summed E-state index contributed by atoms with van der Waals surface area (Å²) in [5.74, 6) is -0.193. The van der Waals surface area contributed by atoms with Gasteiger partial charge in [-0.1, -0.05) is 41.4 Å². The Balaban J connectivity index is 1.71. The number of methoxy groups -OCH3 is 1. The number of halogens is 2. The van der Waals surface area contributed by atoms with Crippen molar-refractivity contribution in [3.05, 3.63) is 93.5 Å². The Bertz CT molecular complexity index is 1100. The van der Waals surface area contributed by atoms with E-state index in [1.54, 1.807) is 73.8 Å². The highest BCUT2D eigenvalue weighted by Gasteiger charge is 2.14. The lowest BCUT2D eigenvalue weighted by atomic mass is 10.1. The number of para-hydroxylation sites is 1. The van der Waals surface area contributed by atoms with E-state index in [0.29, 0.717) is 32.6 Å². The van der Waals surface area contributed by atoms with Gasteiger partial charge in [-0.2, -0.15) is 5.10 Å². The molecule has 0 unspecified atom stereocenters. The Morgan fingerprint density at radius 2 is 1.70 bits per heavy atom. The minimum absolute atomic E-state index is 0.263. The van der Waals surface area contributed by atoms with Crippen LogP contribution in [-0.2, 0) is 0 Å². The van der Waals surface area contributed by atoms with Gasteiger partial charge in [0.2, 0.25) is 0 Å². The molecule has 0 aliphatic heterocycles. The summed E-state index contributed by atoms with van der Waals surface area (Å²) in [6, 6.07) is 18.2. The number of hydrogen-bond acceptors (Lipinski definition) is 4. The minimum atomic E-state index is -0.484. The third-order valence-electron chi connectivity index (χ3n) is 4.10. The highest BCUT2D eigenvalue weighted by molar-refractivity contribution is 6.36. The molecule has 0 bridgehead atoms. The van der Waals surface area contributed by atoms with Gasteiger partial charge in [-0.05, 0) is 48.5 Å². The van der Waals surface area contributed by atoms with Gasteiger partial charge in [0.1, 0.15) is 5.75 Å². The van der Waals surface area contributed by atoms with Gasteiger partial charge in [-0.25, -0.2) is 5.43 Å². The number of rotatable bonds is 6. The number of hydrazone groups is 1. The number of hydrogen-bond donors (Lipinski definition) is 2. The van der Waals surface area contributed by atoms with Crippen LogP contribution in [-0.4, -0.2) is 25.1 Å². The van der Waals surface area contributed by atoms with Crippen molar-refractivity contribution in [3.8, 4) is 5.75 Å². The molecule has 0 aliphatic carbocycles. The largest absolute Gasteiger partial charge is 0.497 e. The highest BCUT2D eigenvalue weighted by Crippen LogP contribution is 2.20. The third-order valence-corrected chi connectivity index (χ3v) is 4.67. The van der Waals surface area contributed by atoms with E-state index in [-0.39, 0.29) is 11.5 Å². The van der Waals surface area contributed by atoms with Crippen LogP contribution >= 0.6 is 23.2 Å². The maximum atomic E-state index is 12.5. The van der Waals surface area contributed by atoms with Gasteiger partial charge < -0.3 is 10.1 Å². The second kappa shape index (κ2) is 9.91. The molecule has 8 heteroatoms. The molecule has 6 nitrogen and oxygen atoms in total. The first-order valence-electron chi connectivity index (χ1n) is 8.81. The van der Waals surface area contributed by atoms with Crippen LogP contribution in [0, 0.1) is 0 Å². The molecule has 0 radical (unpaired) electrons. The standard InChI is InChI=1S/C22H17Cl2N3O3/c1-30-17-10-7-14(8-11-17)21(28)26-20-5-3-2-4-18(20)22(29)27-25-13-15-6-9-16(23)12-19(15)24/h2-13H,1H3,(H,26,28)(H,27,29)/b25-13-. The molecule has 3 rings (SSSR count). The van der Waals surface area contributed by atoms with Crippen LogP contribution in [0.4, 0.5) is 5.69 Å². The zero-order valence-electron chi connectivity index (χ0n) is 15.9. The number of carbonyl (C=O) groups excluding carboxylic acids is 2. The first kappa shape index (κ1) is 21.4. The molecule has 0 heterocycles. The molecule has 0 aliphatic rings. The first-order valence-corrected chi connectivity index (χ1v) is 9.56. The number of nitrogens with one attached hydrogen (secondary N) is 2. The highest BCUT2D eigenvalue weighted by atomic mass is 35.5. The Kier molecular flexibility index (Phi) is 7.06. The molecule has 30 heavy (non-hydrogen) atoms. The minimum Gasteiger partial charge on any atom is -0.497 e. The summed E-state index contributed by atoms with van der Waals surface area (Å²) >= 11 is 11.9. The van der Waals surface area contributed by atoms with Gasteiger partial charge in [0.15, 0.2) is 0 Å². The van der Waals surface area contributed by atoms with Crippen LogP contribution < -0.4 is 15.5 Å². The van der Waals surface area contributed by atoms with Gasteiger partial charge >= 0.3 is 0 Å². The monoisotopic (exact) mass is 441 g/mol. The van der Waals surface area contributed by atoms with E-state index in [1.807, 2.05) is 0 Å². The van der Waals surface area contributed by atoms with Gasteiger partial charge in [-0.3, -0.25) is 9.59 Å². The van der Waals surface area contributed by atoms with Crippen LogP contribution in [0.2, 0.25) is 10.0 Å². The van der Waals surface area contributed by atoms with E-state index in [1.165, 1.54) is 6.21 Å². The topological polar surface area (TPSA) is 79.8 Å². The van der Waals surface area contributed by atoms with E-state index in [0.717, 1.165) is 0 Å². The summed E-state index contributed by atoms with van der Waals surface area (Å²) in [5.41, 5.74) is 4.08. The summed E-state index contributed by atoms with van der Waals surface area (Å²) in [7, 11) is 1.55. The molecule has 3 aromatic carbocycles. The molecule has 2 N–H and O–H groups in total. The normalized spacial score (nSPS) is 10.6. The summed E-state index contributed by atoms with van der Waals surface area (Å²) in [5, 5.41) is 7.58. The average Bonchev–Trinajstić information content (AvgIpc) is 2.75. The quantitative estimate of drug-likeness (QED) is 0.416. The average molecular weight is 442 g/mol. The van der Waals surface area contributed by atoms with E-state index in [4.69, 9.17) is 27.9 Å². The van der Waals surface area contributed by atoms with Crippen LogP contribution in [0.5, 0.6) is 5.75 Å². The maximum Gasteiger partial charge on any atom is 0.273 e. The van der Waals surface area contributed by atoms with E-state index in [2.05, 4.69) is 15.8 Å². The zero-order valence-corrected chi connectivity index (χ0v) is 17.4. The van der Waals surface area contributed by atoms with Gasteiger partial charge in [0.25, 0.3) is 11.8 Å². The summed E-state index contributed by atoms with van der Waals surface area (Å²) in [6.45, 7) is 0. The summed E-state index contributed by atoms with van der Waals surface area (Å²) in [4.78, 5) is 25.1. The fraction of sp³-hybridized carbons (Fsp3) is 0.0455. The number of ether oxygens (including phenoxy) is 1. The van der Waals surface area contributed by atoms with Crippen molar-refractivity contribution in [1.82, 2.24) is 5.43 Å². The van der Waals surface area contributed by atoms with Crippen LogP contribution in [0.15, 0.2) is 71.8 Å². The lowest BCUT2D eigenvalue weighted by Gasteiger charge is -2.10. The van der Waals surface area contributed by atoms with Crippen molar-refractivity contribution in [2.45, 2.75) is 0 Å². The molecule has 0 atom stereocenters. The summed E-state index contributed by atoms with van der Waals surface area (Å²) < 4.78 is 5.09. The number of nitrogens with zero attached hydrogens (tertiary/aromatic N) is 1. The molecule has 0 spiro atoms. The number of anilines is 1. The molecule has 0 fully saturated rings. The van der Waals surface area contributed by atoms with Crippen molar-refractivity contribution in [2.75, 3.05) is 12.4 Å². The lowest BCUT2D eigenvalue weighted by molar-refractivity contribution is 0.0956. The van der Waals surface area contributed by atoms with Gasteiger partial charge in [0, 0.05) is 16.1 Å². The molecule has 2 amide bonds. The second-order valence-electron chi connectivity index (χ2n) is 6.09. The molecule has 0 saturated carbocycles. The molecular weight excluding hydrogens is 425 g/mol. The molecular formula is C22H17Cl2N3O3. The maximum absolute atomic E-state index is 12.5. The van der Waals surface area contributed by atoms with Gasteiger partial charge in [0.05, 0.1) is 29.6 Å². The van der Waals surface area contributed by atoms with Crippen molar-refractivity contribution in [2.24, 2.45) is 5.10 Å². The second-order valence-corrected chi connectivity index (χ2v) is 6.94. The van der Waals surface area contributed by atoms with E-state index >= 15 is 0 Å². The molecule has 0 aromatic heterocycles. The lowest BCUT2D eigenvalue weighted by Crippen LogP contribution is -2.21. The van der Waals surface area contributed by atoms with Crippen molar-refractivity contribution in [3.63, 3.8) is 0 Å². The van der Waals surface area contributed by atoms with Crippen LogP contribution in [0.1, 0.15) is 26.3 Å². The Morgan fingerprint density at radius 3 is 2.40 bits per heavy atom. The Labute approximate surface area is 183 Å². The van der Waals surface area contributed by atoms with Crippen molar-refractivity contribution >= 4 is 46.9 Å². The fourth-order valence-electron chi connectivity index (χ4n) is 2.55. The van der Waals surface area contributed by atoms with Crippen LogP contribution in [0.3, 0.4) is 0 Å². The fourth-order valence-corrected chi connectivity index (χ4v) is 3.01. The number of amides is 2. The van der Waals surface area contributed by atoms with E-state index in [9.17, 15) is 9.59 Å². The predicted molar refractivity (Wildman–Crippen MR) is 119 cm³/mol. The predicted octanol–water partition coefficient (Wildman–Crippen LogP) is 5.02. The van der Waals surface area contributed by atoms with Crippen molar-refractivity contribution in [1.29, 1.82) is 0 Å². The summed E-state index contributed by atoms with van der Waals surface area (Å²) in [6.07, 6.45) is 1.41. The number of benzene rings is 3. The SMILES string of the molecule is COc1ccc(C(=O)Nc2ccccc2C(=O)N/N=C\c2ccc(Cl)cc2Cl)cc1. The Morgan fingerprint density at radius 1 is 0.967 bits per heavy atom. The smallest absolute Gasteiger partial charge is 0.273 e. The van der Waals surface area contributed by atoms with Gasteiger partial charge in [-0.15, -0.1) is 0 Å². The zero-order chi connectivity index (χ0) is 21.5. The first-order chi connectivity index (χ1) is 14.5. The van der Waals surface area contributed by atoms with Crippen molar-refractivity contribution < 1.29 is 14.3 Å². The molecule has 3 aromatic rings. The Hall–Kier alpha value is -3.35. The molecule has 152 valence electrons. The van der Waals surface area contributed by atoms with E-state index < -0.39 is 5.91 Å². The van der Waals surface area contributed by atoms with Crippen LogP contribution in [0.25, 0.3) is 0 Å². The third kappa shape index (κ3) is 5.37.